The molecule has 0 spiro atoms. The average molecular weight is 260 g/mol. The van der Waals surface area contributed by atoms with Crippen molar-refractivity contribution in [3.63, 3.8) is 0 Å². The summed E-state index contributed by atoms with van der Waals surface area (Å²) < 4.78 is 28.4. The van der Waals surface area contributed by atoms with Crippen LogP contribution < -0.4 is 0 Å². The molecule has 0 aromatic carbocycles. The molecule has 0 aromatic rings. The van der Waals surface area contributed by atoms with Gasteiger partial charge in [0.15, 0.2) is 0 Å². The predicted octanol–water partition coefficient (Wildman–Crippen LogP) is 1.84. The van der Waals surface area contributed by atoms with Crippen molar-refractivity contribution >= 4 is 10.2 Å². The Bertz CT molecular complexity index is 326. The summed E-state index contributed by atoms with van der Waals surface area (Å²) in [6.07, 6.45) is 6.54. The molecule has 0 saturated carbocycles. The van der Waals surface area contributed by atoms with E-state index >= 15 is 0 Å². The van der Waals surface area contributed by atoms with Crippen LogP contribution >= 0.6 is 0 Å². The maximum absolute atomic E-state index is 12.5. The zero-order chi connectivity index (χ0) is 12.3. The third-order valence-electron chi connectivity index (χ3n) is 3.84. The maximum Gasteiger partial charge on any atom is 0.281 e. The SMILES string of the molecule is CC1CCCN(S(=O)(=O)N2CCCCCC2)C1. The zero-order valence-corrected chi connectivity index (χ0v) is 11.6. The molecule has 2 heterocycles. The normalized spacial score (nSPS) is 30.1. The van der Waals surface area contributed by atoms with Crippen LogP contribution in [0.2, 0.25) is 0 Å². The molecule has 0 bridgehead atoms. The Balaban J connectivity index is 2.05. The molecule has 1 unspecified atom stereocenters. The molecule has 2 aliphatic heterocycles. The fourth-order valence-corrected chi connectivity index (χ4v) is 4.64. The minimum absolute atomic E-state index is 0.505. The van der Waals surface area contributed by atoms with E-state index < -0.39 is 10.2 Å². The van der Waals surface area contributed by atoms with Crippen molar-refractivity contribution in [3.05, 3.63) is 0 Å². The first kappa shape index (κ1) is 13.3. The van der Waals surface area contributed by atoms with Crippen molar-refractivity contribution in [2.45, 2.75) is 45.4 Å². The van der Waals surface area contributed by atoms with Crippen LogP contribution in [0.4, 0.5) is 0 Å². The first-order valence-corrected chi connectivity index (χ1v) is 8.25. The fraction of sp³-hybridized carbons (Fsp3) is 1.00. The highest BCUT2D eigenvalue weighted by molar-refractivity contribution is 7.86. The molecule has 0 radical (unpaired) electrons. The number of hydrogen-bond donors (Lipinski definition) is 0. The summed E-state index contributed by atoms with van der Waals surface area (Å²) in [5.74, 6) is 0.505. The van der Waals surface area contributed by atoms with E-state index in [1.54, 1.807) is 8.61 Å². The molecule has 5 heteroatoms. The highest BCUT2D eigenvalue weighted by Gasteiger charge is 2.32. The summed E-state index contributed by atoms with van der Waals surface area (Å²) in [7, 11) is -3.17. The molecule has 2 aliphatic rings. The third-order valence-corrected chi connectivity index (χ3v) is 5.84. The van der Waals surface area contributed by atoms with Gasteiger partial charge in [-0.15, -0.1) is 0 Å². The van der Waals surface area contributed by atoms with Crippen molar-refractivity contribution in [2.24, 2.45) is 5.92 Å². The van der Waals surface area contributed by atoms with E-state index in [9.17, 15) is 8.42 Å². The first-order valence-electron chi connectivity index (χ1n) is 6.86. The third kappa shape index (κ3) is 3.20. The van der Waals surface area contributed by atoms with Crippen molar-refractivity contribution in [1.82, 2.24) is 8.61 Å². The summed E-state index contributed by atoms with van der Waals surface area (Å²) in [5, 5.41) is 0. The molecule has 2 rings (SSSR count). The van der Waals surface area contributed by atoms with Gasteiger partial charge in [-0.1, -0.05) is 19.8 Å². The molecule has 0 amide bonds. The van der Waals surface area contributed by atoms with E-state index in [1.807, 2.05) is 0 Å². The number of nitrogens with zero attached hydrogens (tertiary/aromatic N) is 2. The Morgan fingerprint density at radius 2 is 1.47 bits per heavy atom. The van der Waals surface area contributed by atoms with E-state index in [0.717, 1.165) is 25.7 Å². The van der Waals surface area contributed by atoms with Gasteiger partial charge in [-0.3, -0.25) is 0 Å². The standard InChI is InChI=1S/C12H24N2O2S/c1-12-7-6-10-14(11-12)17(15,16)13-8-4-2-3-5-9-13/h12H,2-11H2,1H3. The summed E-state index contributed by atoms with van der Waals surface area (Å²) >= 11 is 0. The second-order valence-corrected chi connectivity index (χ2v) is 7.35. The van der Waals surface area contributed by atoms with E-state index in [2.05, 4.69) is 6.92 Å². The van der Waals surface area contributed by atoms with Gasteiger partial charge in [-0.05, 0) is 31.6 Å². The van der Waals surface area contributed by atoms with Crippen molar-refractivity contribution < 1.29 is 8.42 Å². The Kier molecular flexibility index (Phi) is 4.44. The van der Waals surface area contributed by atoms with Crippen LogP contribution in [0, 0.1) is 5.92 Å². The lowest BCUT2D eigenvalue weighted by molar-refractivity contribution is 0.258. The highest BCUT2D eigenvalue weighted by atomic mass is 32.2. The first-order chi connectivity index (χ1) is 8.10. The Labute approximate surface area is 105 Å². The molecule has 2 fully saturated rings. The van der Waals surface area contributed by atoms with Crippen molar-refractivity contribution in [1.29, 1.82) is 0 Å². The van der Waals surface area contributed by atoms with Crippen LogP contribution in [-0.2, 0) is 10.2 Å². The van der Waals surface area contributed by atoms with Crippen LogP contribution in [0.3, 0.4) is 0 Å². The van der Waals surface area contributed by atoms with Crippen LogP contribution in [0.5, 0.6) is 0 Å². The molecule has 4 nitrogen and oxygen atoms in total. The molecular weight excluding hydrogens is 236 g/mol. The lowest BCUT2D eigenvalue weighted by atomic mass is 10.0. The van der Waals surface area contributed by atoms with Gasteiger partial charge < -0.3 is 0 Å². The number of rotatable bonds is 2. The zero-order valence-electron chi connectivity index (χ0n) is 10.8. The molecular formula is C12H24N2O2S. The molecule has 0 N–H and O–H groups in total. The van der Waals surface area contributed by atoms with Gasteiger partial charge in [-0.25, -0.2) is 0 Å². The minimum atomic E-state index is -3.17. The summed E-state index contributed by atoms with van der Waals surface area (Å²) in [5.41, 5.74) is 0. The monoisotopic (exact) mass is 260 g/mol. The van der Waals surface area contributed by atoms with Crippen LogP contribution in [0.1, 0.15) is 45.4 Å². The maximum atomic E-state index is 12.5. The second kappa shape index (κ2) is 5.67. The van der Waals surface area contributed by atoms with Gasteiger partial charge in [0.2, 0.25) is 0 Å². The lowest BCUT2D eigenvalue weighted by Crippen LogP contribution is -2.47. The van der Waals surface area contributed by atoms with Crippen LogP contribution in [-0.4, -0.2) is 43.2 Å². The topological polar surface area (TPSA) is 40.6 Å². The quantitative estimate of drug-likeness (QED) is 0.760. The van der Waals surface area contributed by atoms with Gasteiger partial charge in [0.1, 0.15) is 0 Å². The van der Waals surface area contributed by atoms with Crippen LogP contribution in [0.25, 0.3) is 0 Å². The van der Waals surface area contributed by atoms with Crippen LogP contribution in [0.15, 0.2) is 0 Å². The predicted molar refractivity (Wildman–Crippen MR) is 68.9 cm³/mol. The van der Waals surface area contributed by atoms with Gasteiger partial charge in [0.05, 0.1) is 0 Å². The lowest BCUT2D eigenvalue weighted by Gasteiger charge is -2.34. The molecule has 0 aliphatic carbocycles. The van der Waals surface area contributed by atoms with Gasteiger partial charge in [-0.2, -0.15) is 17.0 Å². The molecule has 2 saturated heterocycles. The van der Waals surface area contributed by atoms with E-state index in [0.29, 0.717) is 32.1 Å². The van der Waals surface area contributed by atoms with Crippen molar-refractivity contribution in [3.8, 4) is 0 Å². The fourth-order valence-electron chi connectivity index (χ4n) is 2.79. The average Bonchev–Trinajstić information content (AvgIpc) is 2.58. The molecule has 17 heavy (non-hydrogen) atoms. The Morgan fingerprint density at radius 3 is 2.06 bits per heavy atom. The molecule has 1 atom stereocenters. The molecule has 100 valence electrons. The Hall–Kier alpha value is -0.130. The van der Waals surface area contributed by atoms with Gasteiger partial charge >= 0.3 is 0 Å². The highest BCUT2D eigenvalue weighted by Crippen LogP contribution is 2.22. The van der Waals surface area contributed by atoms with Gasteiger partial charge in [0.25, 0.3) is 10.2 Å². The second-order valence-electron chi connectivity index (χ2n) is 5.43. The van der Waals surface area contributed by atoms with E-state index in [1.165, 1.54) is 12.8 Å². The van der Waals surface area contributed by atoms with E-state index in [-0.39, 0.29) is 0 Å². The minimum Gasteiger partial charge on any atom is -0.195 e. The summed E-state index contributed by atoms with van der Waals surface area (Å²) in [6, 6.07) is 0. The number of hydrogen-bond acceptors (Lipinski definition) is 2. The van der Waals surface area contributed by atoms with Crippen molar-refractivity contribution in [2.75, 3.05) is 26.2 Å². The van der Waals surface area contributed by atoms with E-state index in [4.69, 9.17) is 0 Å². The number of piperidine rings is 1. The summed E-state index contributed by atoms with van der Waals surface area (Å²) in [4.78, 5) is 0. The molecule has 0 aromatic heterocycles. The summed E-state index contributed by atoms with van der Waals surface area (Å²) in [6.45, 7) is 4.99. The largest absolute Gasteiger partial charge is 0.281 e. The Morgan fingerprint density at radius 1 is 0.882 bits per heavy atom. The smallest absolute Gasteiger partial charge is 0.195 e. The van der Waals surface area contributed by atoms with Gasteiger partial charge in [0, 0.05) is 26.2 Å².